The highest BCUT2D eigenvalue weighted by molar-refractivity contribution is 7.15. The molecule has 1 atom stereocenters. The van der Waals surface area contributed by atoms with E-state index in [4.69, 9.17) is 10.8 Å². The molecule has 0 saturated heterocycles. The largest absolute Gasteiger partial charge is 0.394 e. The highest BCUT2D eigenvalue weighted by Crippen LogP contribution is 2.30. The molecule has 0 amide bonds. The number of aliphatic hydroxyl groups is 1. The molecule has 2 rings (SSSR count). The van der Waals surface area contributed by atoms with Gasteiger partial charge in [0.2, 0.25) is 0 Å². The van der Waals surface area contributed by atoms with E-state index in [0.29, 0.717) is 0 Å². The molecule has 0 radical (unpaired) electrons. The van der Waals surface area contributed by atoms with Crippen LogP contribution in [-0.4, -0.2) is 21.7 Å². The molecule has 2 heterocycles. The van der Waals surface area contributed by atoms with Gasteiger partial charge in [-0.25, -0.2) is 4.98 Å². The van der Waals surface area contributed by atoms with E-state index >= 15 is 0 Å². The molecule has 2 aromatic heterocycles. The van der Waals surface area contributed by atoms with Crippen molar-refractivity contribution in [2.75, 3.05) is 6.61 Å². The van der Waals surface area contributed by atoms with E-state index in [2.05, 4.69) is 9.97 Å². The summed E-state index contributed by atoms with van der Waals surface area (Å²) in [6, 6.07) is 3.48. The first-order valence-corrected chi connectivity index (χ1v) is 5.78. The molecule has 0 aromatic carbocycles. The maximum absolute atomic E-state index is 9.04. The molecular formula is C11H13N3OS. The zero-order valence-electron chi connectivity index (χ0n) is 8.92. The van der Waals surface area contributed by atoms with Crippen molar-refractivity contribution in [2.45, 2.75) is 13.0 Å². The quantitative estimate of drug-likeness (QED) is 0.845. The fraction of sp³-hybridized carbons (Fsp3) is 0.273. The molecule has 3 N–H and O–H groups in total. The van der Waals surface area contributed by atoms with E-state index in [1.807, 2.05) is 19.1 Å². The lowest BCUT2D eigenvalue weighted by Crippen LogP contribution is -2.13. The minimum absolute atomic E-state index is 0.0567. The molecule has 0 spiro atoms. The lowest BCUT2D eigenvalue weighted by molar-refractivity contribution is 0.269. The Kier molecular flexibility index (Phi) is 3.28. The number of aryl methyl sites for hydroxylation is 1. The maximum atomic E-state index is 9.04. The summed E-state index contributed by atoms with van der Waals surface area (Å²) in [6.07, 6.45) is 3.47. The Morgan fingerprint density at radius 2 is 2.12 bits per heavy atom. The number of hydrogen-bond acceptors (Lipinski definition) is 5. The third-order valence-electron chi connectivity index (χ3n) is 2.29. The molecule has 0 aliphatic carbocycles. The summed E-state index contributed by atoms with van der Waals surface area (Å²) in [4.78, 5) is 9.35. The summed E-state index contributed by atoms with van der Waals surface area (Å²) in [5.41, 5.74) is 7.71. The summed E-state index contributed by atoms with van der Waals surface area (Å²) in [5, 5.41) is 9.95. The minimum Gasteiger partial charge on any atom is -0.394 e. The van der Waals surface area contributed by atoms with Crippen LogP contribution in [0, 0.1) is 6.92 Å². The van der Waals surface area contributed by atoms with Crippen molar-refractivity contribution in [3.8, 4) is 10.6 Å². The lowest BCUT2D eigenvalue weighted by atomic mass is 10.2. The highest BCUT2D eigenvalue weighted by atomic mass is 32.1. The SMILES string of the molecule is Cc1nc(-c2ccncc2)sc1C(N)CO. The van der Waals surface area contributed by atoms with Gasteiger partial charge in [0.05, 0.1) is 18.3 Å². The highest BCUT2D eigenvalue weighted by Gasteiger charge is 2.14. The van der Waals surface area contributed by atoms with Crippen molar-refractivity contribution in [3.63, 3.8) is 0 Å². The zero-order valence-corrected chi connectivity index (χ0v) is 9.74. The van der Waals surface area contributed by atoms with Crippen LogP contribution in [0.5, 0.6) is 0 Å². The first-order valence-electron chi connectivity index (χ1n) is 4.96. The van der Waals surface area contributed by atoms with Crippen LogP contribution in [-0.2, 0) is 0 Å². The van der Waals surface area contributed by atoms with E-state index in [1.165, 1.54) is 11.3 Å². The van der Waals surface area contributed by atoms with Crippen LogP contribution in [0.25, 0.3) is 10.6 Å². The van der Waals surface area contributed by atoms with Gasteiger partial charge in [-0.05, 0) is 19.1 Å². The Morgan fingerprint density at radius 3 is 2.75 bits per heavy atom. The average Bonchev–Trinajstić information content (AvgIpc) is 2.71. The molecule has 1 unspecified atom stereocenters. The van der Waals surface area contributed by atoms with Gasteiger partial charge >= 0.3 is 0 Å². The second kappa shape index (κ2) is 4.69. The van der Waals surface area contributed by atoms with Crippen LogP contribution in [0.3, 0.4) is 0 Å². The average molecular weight is 235 g/mol. The van der Waals surface area contributed by atoms with E-state index in [9.17, 15) is 0 Å². The van der Waals surface area contributed by atoms with E-state index in [-0.39, 0.29) is 12.6 Å². The van der Waals surface area contributed by atoms with Gasteiger partial charge in [-0.2, -0.15) is 0 Å². The van der Waals surface area contributed by atoms with Crippen LogP contribution in [0.15, 0.2) is 24.5 Å². The fourth-order valence-corrected chi connectivity index (χ4v) is 2.52. The van der Waals surface area contributed by atoms with Crippen molar-refractivity contribution >= 4 is 11.3 Å². The van der Waals surface area contributed by atoms with Gasteiger partial charge in [0.1, 0.15) is 5.01 Å². The third-order valence-corrected chi connectivity index (χ3v) is 3.63. The molecule has 2 aromatic rings. The topological polar surface area (TPSA) is 72.0 Å². The number of aromatic nitrogens is 2. The second-order valence-electron chi connectivity index (χ2n) is 3.49. The summed E-state index contributed by atoms with van der Waals surface area (Å²) in [5.74, 6) is 0. The second-order valence-corrected chi connectivity index (χ2v) is 4.52. The number of hydrogen-bond donors (Lipinski definition) is 2. The number of rotatable bonds is 3. The molecule has 5 heteroatoms. The molecule has 0 fully saturated rings. The van der Waals surface area contributed by atoms with Gasteiger partial charge in [0, 0.05) is 22.8 Å². The van der Waals surface area contributed by atoms with Gasteiger partial charge in [0.15, 0.2) is 0 Å². The molecule has 0 aliphatic rings. The number of pyridine rings is 1. The van der Waals surface area contributed by atoms with Crippen LogP contribution < -0.4 is 5.73 Å². The van der Waals surface area contributed by atoms with E-state index in [0.717, 1.165) is 21.1 Å². The Morgan fingerprint density at radius 1 is 1.44 bits per heavy atom. The number of nitrogens with zero attached hydrogens (tertiary/aromatic N) is 2. The van der Waals surface area contributed by atoms with Crippen molar-refractivity contribution in [3.05, 3.63) is 35.1 Å². The molecular weight excluding hydrogens is 222 g/mol. The predicted molar refractivity (Wildman–Crippen MR) is 64.1 cm³/mol. The van der Waals surface area contributed by atoms with Gasteiger partial charge in [-0.3, -0.25) is 4.98 Å². The first-order chi connectivity index (χ1) is 7.72. The van der Waals surface area contributed by atoms with E-state index in [1.54, 1.807) is 12.4 Å². The summed E-state index contributed by atoms with van der Waals surface area (Å²) in [6.45, 7) is 1.85. The summed E-state index contributed by atoms with van der Waals surface area (Å²) >= 11 is 1.52. The molecule has 16 heavy (non-hydrogen) atoms. The van der Waals surface area contributed by atoms with Crippen molar-refractivity contribution in [1.82, 2.24) is 9.97 Å². The van der Waals surface area contributed by atoms with Crippen molar-refractivity contribution < 1.29 is 5.11 Å². The minimum atomic E-state index is -0.340. The zero-order chi connectivity index (χ0) is 11.5. The Hall–Kier alpha value is -1.30. The first kappa shape index (κ1) is 11.2. The van der Waals surface area contributed by atoms with Crippen LogP contribution in [0.2, 0.25) is 0 Å². The molecule has 0 saturated carbocycles. The summed E-state index contributed by atoms with van der Waals surface area (Å²) in [7, 11) is 0. The summed E-state index contributed by atoms with van der Waals surface area (Å²) < 4.78 is 0. The number of nitrogens with two attached hydrogens (primary N) is 1. The Balaban J connectivity index is 2.38. The smallest absolute Gasteiger partial charge is 0.124 e. The molecule has 84 valence electrons. The van der Waals surface area contributed by atoms with Gasteiger partial charge in [-0.1, -0.05) is 0 Å². The van der Waals surface area contributed by atoms with Gasteiger partial charge in [-0.15, -0.1) is 11.3 Å². The van der Waals surface area contributed by atoms with Crippen molar-refractivity contribution in [2.24, 2.45) is 5.73 Å². The predicted octanol–water partition coefficient (Wildman–Crippen LogP) is 1.51. The maximum Gasteiger partial charge on any atom is 0.124 e. The van der Waals surface area contributed by atoms with Crippen molar-refractivity contribution in [1.29, 1.82) is 0 Å². The molecule has 0 aliphatic heterocycles. The standard InChI is InChI=1S/C11H13N3OS/c1-7-10(9(12)6-15)16-11(14-7)8-2-4-13-5-3-8/h2-5,9,15H,6,12H2,1H3. The van der Waals surface area contributed by atoms with Gasteiger partial charge < -0.3 is 10.8 Å². The Labute approximate surface area is 97.8 Å². The lowest BCUT2D eigenvalue weighted by Gasteiger charge is -2.04. The van der Waals surface area contributed by atoms with Crippen LogP contribution >= 0.6 is 11.3 Å². The van der Waals surface area contributed by atoms with Gasteiger partial charge in [0.25, 0.3) is 0 Å². The number of thiazole rings is 1. The normalized spacial score (nSPS) is 12.7. The third kappa shape index (κ3) is 2.11. The molecule has 0 bridgehead atoms. The monoisotopic (exact) mass is 235 g/mol. The van der Waals surface area contributed by atoms with Crippen LogP contribution in [0.4, 0.5) is 0 Å². The fourth-order valence-electron chi connectivity index (χ4n) is 1.45. The Bertz CT molecular complexity index is 469. The number of aliphatic hydroxyl groups excluding tert-OH is 1. The van der Waals surface area contributed by atoms with Crippen LogP contribution in [0.1, 0.15) is 16.6 Å². The molecule has 4 nitrogen and oxygen atoms in total. The van der Waals surface area contributed by atoms with E-state index < -0.39 is 0 Å².